The van der Waals surface area contributed by atoms with Crippen molar-refractivity contribution in [1.82, 2.24) is 0 Å². The predicted molar refractivity (Wildman–Crippen MR) is 110 cm³/mol. The van der Waals surface area contributed by atoms with Gasteiger partial charge in [0.2, 0.25) is 5.91 Å². The summed E-state index contributed by atoms with van der Waals surface area (Å²) >= 11 is 6.00. The van der Waals surface area contributed by atoms with E-state index in [-0.39, 0.29) is 18.3 Å². The van der Waals surface area contributed by atoms with E-state index < -0.39 is 9.84 Å². The van der Waals surface area contributed by atoms with E-state index in [2.05, 4.69) is 5.32 Å². The molecule has 3 rings (SSSR count). The molecule has 0 atom stereocenters. The molecule has 0 aromatic heterocycles. The number of hydrogen-bond acceptors (Lipinski definition) is 5. The Balaban J connectivity index is 1.66. The van der Waals surface area contributed by atoms with Gasteiger partial charge in [0.1, 0.15) is 18.1 Å². The third kappa shape index (κ3) is 5.74. The van der Waals surface area contributed by atoms with Crippen molar-refractivity contribution in [2.24, 2.45) is 0 Å². The lowest BCUT2D eigenvalue weighted by atomic mass is 10.1. The summed E-state index contributed by atoms with van der Waals surface area (Å²) < 4.78 is 33.4. The molecule has 0 radical (unpaired) electrons. The molecule has 0 spiro atoms. The van der Waals surface area contributed by atoms with Gasteiger partial charge in [0.15, 0.2) is 9.84 Å². The molecule has 1 amide bonds. The van der Waals surface area contributed by atoms with Gasteiger partial charge in [-0.05, 0) is 47.5 Å². The average molecular weight is 422 g/mol. The van der Waals surface area contributed by atoms with Gasteiger partial charge in [-0.1, -0.05) is 17.7 Å². The smallest absolute Gasteiger partial charge is 0.248 e. The first-order valence-electron chi connectivity index (χ1n) is 8.65. The van der Waals surface area contributed by atoms with Gasteiger partial charge in [0.25, 0.3) is 0 Å². The minimum Gasteiger partial charge on any atom is -0.493 e. The first-order chi connectivity index (χ1) is 13.3. The van der Waals surface area contributed by atoms with E-state index in [1.54, 1.807) is 24.3 Å². The Kier molecular flexibility index (Phi) is 6.26. The van der Waals surface area contributed by atoms with Crippen molar-refractivity contribution in [1.29, 1.82) is 0 Å². The summed E-state index contributed by atoms with van der Waals surface area (Å²) in [7, 11) is -3.14. The second kappa shape index (κ2) is 8.67. The van der Waals surface area contributed by atoms with Crippen molar-refractivity contribution in [3.8, 4) is 11.5 Å². The molecule has 148 valence electrons. The zero-order valence-corrected chi connectivity index (χ0v) is 16.8. The summed E-state index contributed by atoms with van der Waals surface area (Å²) in [4.78, 5) is 12.3. The van der Waals surface area contributed by atoms with Crippen molar-refractivity contribution < 1.29 is 22.7 Å². The molecule has 1 aliphatic rings. The summed E-state index contributed by atoms with van der Waals surface area (Å²) in [6.07, 6.45) is 5.12. The van der Waals surface area contributed by atoms with Gasteiger partial charge in [-0.25, -0.2) is 8.42 Å². The number of carbonyl (C=O) groups is 1. The van der Waals surface area contributed by atoms with Crippen LogP contribution >= 0.6 is 11.6 Å². The summed E-state index contributed by atoms with van der Waals surface area (Å²) in [5, 5.41) is 3.14. The summed E-state index contributed by atoms with van der Waals surface area (Å²) in [6, 6.07) is 10.5. The van der Waals surface area contributed by atoms with Crippen LogP contribution in [0.2, 0.25) is 5.02 Å². The molecule has 0 aliphatic carbocycles. The summed E-state index contributed by atoms with van der Waals surface area (Å²) in [5.74, 6) is 0.762. The zero-order chi connectivity index (χ0) is 20.1. The Hall–Kier alpha value is -2.51. The molecule has 0 saturated heterocycles. The second-order valence-electron chi connectivity index (χ2n) is 6.41. The quantitative estimate of drug-likeness (QED) is 0.693. The third-order valence-electron chi connectivity index (χ3n) is 4.05. The lowest BCUT2D eigenvalue weighted by Crippen LogP contribution is -2.14. The Labute approximate surface area is 169 Å². The highest BCUT2D eigenvalue weighted by Crippen LogP contribution is 2.29. The molecule has 6 nitrogen and oxygen atoms in total. The van der Waals surface area contributed by atoms with E-state index in [9.17, 15) is 13.2 Å². The van der Waals surface area contributed by atoms with Crippen LogP contribution in [0.3, 0.4) is 0 Å². The highest BCUT2D eigenvalue weighted by Gasteiger charge is 2.12. The predicted octanol–water partition coefficient (Wildman–Crippen LogP) is 3.35. The fraction of sp³-hybridized carbons (Fsp3) is 0.250. The van der Waals surface area contributed by atoms with Crippen LogP contribution in [-0.4, -0.2) is 39.5 Å². The third-order valence-corrected chi connectivity index (χ3v) is 5.20. The first-order valence-corrected chi connectivity index (χ1v) is 11.1. The highest BCUT2D eigenvalue weighted by atomic mass is 35.5. The van der Waals surface area contributed by atoms with Crippen LogP contribution < -0.4 is 14.8 Å². The maximum absolute atomic E-state index is 12.3. The van der Waals surface area contributed by atoms with Crippen molar-refractivity contribution >= 4 is 39.1 Å². The van der Waals surface area contributed by atoms with Crippen molar-refractivity contribution in [3.05, 3.63) is 58.6 Å². The van der Waals surface area contributed by atoms with Gasteiger partial charge >= 0.3 is 0 Å². The number of fused-ring (bicyclic) bond motifs is 1. The molecule has 28 heavy (non-hydrogen) atoms. The van der Waals surface area contributed by atoms with Crippen LogP contribution in [0, 0.1) is 0 Å². The van der Waals surface area contributed by atoms with Crippen molar-refractivity contribution in [2.75, 3.05) is 30.5 Å². The van der Waals surface area contributed by atoms with E-state index >= 15 is 0 Å². The number of amides is 1. The lowest BCUT2D eigenvalue weighted by molar-refractivity contribution is -0.111. The average Bonchev–Trinajstić information content (AvgIpc) is 3.08. The summed E-state index contributed by atoms with van der Waals surface area (Å²) in [6.45, 7) is 0.663. The topological polar surface area (TPSA) is 81.7 Å². The van der Waals surface area contributed by atoms with Crippen LogP contribution in [0.25, 0.3) is 6.08 Å². The Bertz CT molecular complexity index is 1020. The van der Waals surface area contributed by atoms with Gasteiger partial charge in [0.05, 0.1) is 18.0 Å². The SMILES string of the molecule is CS(=O)(=O)CCOc1ccc(Cl)cc1NC(=O)/C=C\c1ccc2c(c1)CCO2. The molecule has 0 unspecified atom stereocenters. The number of anilines is 1. The maximum Gasteiger partial charge on any atom is 0.248 e. The van der Waals surface area contributed by atoms with Crippen LogP contribution in [0.5, 0.6) is 11.5 Å². The molecule has 8 heteroatoms. The highest BCUT2D eigenvalue weighted by molar-refractivity contribution is 7.90. The van der Waals surface area contributed by atoms with E-state index in [0.29, 0.717) is 23.1 Å². The normalized spacial score (nSPS) is 13.2. The number of hydrogen-bond donors (Lipinski definition) is 1. The Morgan fingerprint density at radius 3 is 2.89 bits per heavy atom. The number of halogens is 1. The minimum atomic E-state index is -3.14. The number of ether oxygens (including phenoxy) is 2. The van der Waals surface area contributed by atoms with E-state index in [1.807, 2.05) is 18.2 Å². The molecule has 2 aromatic rings. The van der Waals surface area contributed by atoms with Crippen molar-refractivity contribution in [2.45, 2.75) is 6.42 Å². The van der Waals surface area contributed by atoms with Crippen LogP contribution in [0.4, 0.5) is 5.69 Å². The standard InChI is InChI=1S/C20H20ClNO5S/c1-28(24,25)11-10-27-19-6-4-16(21)13-17(19)22-20(23)7-3-14-2-5-18-15(12-14)8-9-26-18/h2-7,12-13H,8-11H2,1H3,(H,22,23)/b7-3-. The van der Waals surface area contributed by atoms with Gasteiger partial charge in [-0.2, -0.15) is 0 Å². The molecule has 1 aliphatic heterocycles. The fourth-order valence-corrected chi connectivity index (χ4v) is 3.24. The first kappa shape index (κ1) is 20.2. The number of rotatable bonds is 7. The van der Waals surface area contributed by atoms with Crippen molar-refractivity contribution in [3.63, 3.8) is 0 Å². The van der Waals surface area contributed by atoms with Crippen LogP contribution in [0.1, 0.15) is 11.1 Å². The molecule has 2 aromatic carbocycles. The molecule has 0 saturated carbocycles. The van der Waals surface area contributed by atoms with E-state index in [1.165, 1.54) is 6.08 Å². The van der Waals surface area contributed by atoms with E-state index in [4.69, 9.17) is 21.1 Å². The van der Waals surface area contributed by atoms with Crippen LogP contribution in [-0.2, 0) is 21.1 Å². The van der Waals surface area contributed by atoms with Crippen LogP contribution in [0.15, 0.2) is 42.5 Å². The monoisotopic (exact) mass is 421 g/mol. The zero-order valence-electron chi connectivity index (χ0n) is 15.3. The number of carbonyl (C=O) groups excluding carboxylic acids is 1. The molecule has 1 N–H and O–H groups in total. The fourth-order valence-electron chi connectivity index (χ4n) is 2.69. The molecule has 0 bridgehead atoms. The molecule has 0 fully saturated rings. The molecule has 1 heterocycles. The molecular formula is C20H20ClNO5S. The van der Waals surface area contributed by atoms with Gasteiger partial charge in [-0.3, -0.25) is 4.79 Å². The van der Waals surface area contributed by atoms with Gasteiger partial charge in [0, 0.05) is 23.8 Å². The van der Waals surface area contributed by atoms with Gasteiger partial charge < -0.3 is 14.8 Å². The second-order valence-corrected chi connectivity index (χ2v) is 9.10. The number of benzene rings is 2. The maximum atomic E-state index is 12.3. The minimum absolute atomic E-state index is 0.0175. The van der Waals surface area contributed by atoms with E-state index in [0.717, 1.165) is 29.6 Å². The summed E-state index contributed by atoms with van der Waals surface area (Å²) in [5.41, 5.74) is 2.40. The largest absolute Gasteiger partial charge is 0.493 e. The van der Waals surface area contributed by atoms with Gasteiger partial charge in [-0.15, -0.1) is 0 Å². The Morgan fingerprint density at radius 1 is 1.29 bits per heavy atom. The lowest BCUT2D eigenvalue weighted by Gasteiger charge is -2.12. The Morgan fingerprint density at radius 2 is 2.11 bits per heavy atom. The number of sulfone groups is 1. The number of nitrogens with one attached hydrogen (secondary N) is 1. The molecular weight excluding hydrogens is 402 g/mol.